The Balaban J connectivity index is 1.81. The van der Waals surface area contributed by atoms with Crippen molar-refractivity contribution in [1.29, 1.82) is 0 Å². The Kier molecular flexibility index (Phi) is 4.25. The summed E-state index contributed by atoms with van der Waals surface area (Å²) < 4.78 is 14.8. The van der Waals surface area contributed by atoms with E-state index in [9.17, 15) is 9.18 Å². The molecule has 1 aromatic carbocycles. The van der Waals surface area contributed by atoms with Crippen molar-refractivity contribution in [3.05, 3.63) is 69.9 Å². The fraction of sp³-hybridized carbons (Fsp3) is 0.176. The standard InChI is InChI=1S/C17H16FN3OS/c1-11(20-17(22)13-7-8-23-10-13)16-9-19-21(12(16)2)15-5-3-14(18)4-6-15/h3-11H,1-2H3,(H,20,22). The molecule has 0 bridgehead atoms. The van der Waals surface area contributed by atoms with Crippen LogP contribution < -0.4 is 5.32 Å². The molecule has 0 saturated heterocycles. The molecule has 0 aliphatic rings. The number of aromatic nitrogens is 2. The summed E-state index contributed by atoms with van der Waals surface area (Å²) in [4.78, 5) is 12.1. The number of amides is 1. The summed E-state index contributed by atoms with van der Waals surface area (Å²) in [6.45, 7) is 3.85. The molecule has 1 amide bonds. The van der Waals surface area contributed by atoms with Crippen molar-refractivity contribution < 1.29 is 9.18 Å². The Labute approximate surface area is 137 Å². The second kappa shape index (κ2) is 6.34. The number of nitrogens with zero attached hydrogens (tertiary/aromatic N) is 2. The molecule has 1 N–H and O–H groups in total. The Morgan fingerprint density at radius 1 is 1.30 bits per heavy atom. The van der Waals surface area contributed by atoms with Crippen LogP contribution in [0, 0.1) is 12.7 Å². The molecule has 4 nitrogen and oxygen atoms in total. The van der Waals surface area contributed by atoms with Crippen LogP contribution in [-0.4, -0.2) is 15.7 Å². The molecule has 0 aliphatic carbocycles. The predicted molar refractivity (Wildman–Crippen MR) is 88.5 cm³/mol. The minimum absolute atomic E-state index is 0.104. The molecule has 0 aliphatic heterocycles. The maximum Gasteiger partial charge on any atom is 0.252 e. The third-order valence-electron chi connectivity index (χ3n) is 3.72. The first-order chi connectivity index (χ1) is 11.1. The van der Waals surface area contributed by atoms with Gasteiger partial charge in [0.2, 0.25) is 0 Å². The molecule has 0 fully saturated rings. The second-order valence-electron chi connectivity index (χ2n) is 5.28. The lowest BCUT2D eigenvalue weighted by Crippen LogP contribution is -2.26. The van der Waals surface area contributed by atoms with Gasteiger partial charge < -0.3 is 5.32 Å². The van der Waals surface area contributed by atoms with Crippen molar-refractivity contribution in [3.63, 3.8) is 0 Å². The van der Waals surface area contributed by atoms with E-state index in [0.29, 0.717) is 5.56 Å². The number of carbonyl (C=O) groups is 1. The number of halogens is 1. The molecule has 1 unspecified atom stereocenters. The van der Waals surface area contributed by atoms with Gasteiger partial charge in [-0.1, -0.05) is 0 Å². The molecule has 0 saturated carbocycles. The molecule has 3 aromatic rings. The van der Waals surface area contributed by atoms with Gasteiger partial charge in [-0.3, -0.25) is 4.79 Å². The van der Waals surface area contributed by atoms with E-state index >= 15 is 0 Å². The number of nitrogens with one attached hydrogen (secondary N) is 1. The summed E-state index contributed by atoms with van der Waals surface area (Å²) >= 11 is 1.49. The largest absolute Gasteiger partial charge is 0.345 e. The first-order valence-electron chi connectivity index (χ1n) is 7.20. The minimum atomic E-state index is -0.282. The SMILES string of the molecule is Cc1c(C(C)NC(=O)c2ccsc2)cnn1-c1ccc(F)cc1. The van der Waals surface area contributed by atoms with E-state index < -0.39 is 0 Å². The van der Waals surface area contributed by atoms with E-state index in [-0.39, 0.29) is 17.8 Å². The number of thiophene rings is 1. The number of benzene rings is 1. The van der Waals surface area contributed by atoms with Crippen molar-refractivity contribution in [2.75, 3.05) is 0 Å². The van der Waals surface area contributed by atoms with E-state index in [1.807, 2.05) is 24.6 Å². The highest BCUT2D eigenvalue weighted by atomic mass is 32.1. The van der Waals surface area contributed by atoms with Crippen molar-refractivity contribution in [2.45, 2.75) is 19.9 Å². The van der Waals surface area contributed by atoms with Crippen LogP contribution in [0.2, 0.25) is 0 Å². The highest BCUT2D eigenvalue weighted by Gasteiger charge is 2.17. The highest BCUT2D eigenvalue weighted by Crippen LogP contribution is 2.21. The van der Waals surface area contributed by atoms with Crippen LogP contribution >= 0.6 is 11.3 Å². The van der Waals surface area contributed by atoms with Gasteiger partial charge >= 0.3 is 0 Å². The molecule has 6 heteroatoms. The van der Waals surface area contributed by atoms with E-state index in [4.69, 9.17) is 0 Å². The monoisotopic (exact) mass is 329 g/mol. The molecular formula is C17H16FN3OS. The second-order valence-corrected chi connectivity index (χ2v) is 6.06. The van der Waals surface area contributed by atoms with E-state index in [1.54, 1.807) is 29.1 Å². The summed E-state index contributed by atoms with van der Waals surface area (Å²) in [6, 6.07) is 7.77. The average molecular weight is 329 g/mol. The fourth-order valence-corrected chi connectivity index (χ4v) is 3.08. The summed E-state index contributed by atoms with van der Waals surface area (Å²) in [7, 11) is 0. The third-order valence-corrected chi connectivity index (χ3v) is 4.40. The zero-order valence-corrected chi connectivity index (χ0v) is 13.6. The van der Waals surface area contributed by atoms with Crippen LogP contribution in [-0.2, 0) is 0 Å². The van der Waals surface area contributed by atoms with Gasteiger partial charge in [0.1, 0.15) is 5.82 Å². The molecule has 2 aromatic heterocycles. The fourth-order valence-electron chi connectivity index (χ4n) is 2.44. The molecule has 23 heavy (non-hydrogen) atoms. The average Bonchev–Trinajstić information content (AvgIpc) is 3.18. The normalized spacial score (nSPS) is 12.1. The van der Waals surface area contributed by atoms with Crippen LogP contribution in [0.4, 0.5) is 4.39 Å². The zero-order valence-electron chi connectivity index (χ0n) is 12.8. The molecule has 118 valence electrons. The number of carbonyl (C=O) groups excluding carboxylic acids is 1. The van der Waals surface area contributed by atoms with Crippen LogP contribution in [0.3, 0.4) is 0 Å². The Bertz CT molecular complexity index is 809. The lowest BCUT2D eigenvalue weighted by molar-refractivity contribution is 0.0940. The molecule has 0 spiro atoms. The topological polar surface area (TPSA) is 46.9 Å². The third kappa shape index (κ3) is 3.17. The van der Waals surface area contributed by atoms with Crippen LogP contribution in [0.25, 0.3) is 5.69 Å². The molecule has 3 rings (SSSR count). The van der Waals surface area contributed by atoms with Crippen LogP contribution in [0.15, 0.2) is 47.3 Å². The molecule has 1 atom stereocenters. The van der Waals surface area contributed by atoms with Gasteiger partial charge in [0.05, 0.1) is 23.5 Å². The van der Waals surface area contributed by atoms with Gasteiger partial charge in [0.25, 0.3) is 5.91 Å². The smallest absolute Gasteiger partial charge is 0.252 e. The summed E-state index contributed by atoms with van der Waals surface area (Å²) in [5.41, 5.74) is 3.28. The molecule has 2 heterocycles. The van der Waals surface area contributed by atoms with Gasteiger partial charge in [-0.25, -0.2) is 9.07 Å². The van der Waals surface area contributed by atoms with Crippen molar-refractivity contribution >= 4 is 17.2 Å². The first kappa shape index (κ1) is 15.4. The maximum absolute atomic E-state index is 13.0. The van der Waals surface area contributed by atoms with E-state index in [2.05, 4.69) is 10.4 Å². The van der Waals surface area contributed by atoms with Gasteiger partial charge in [0, 0.05) is 16.6 Å². The van der Waals surface area contributed by atoms with E-state index in [1.165, 1.54) is 23.5 Å². The Hall–Kier alpha value is -2.47. The number of hydrogen-bond acceptors (Lipinski definition) is 3. The number of hydrogen-bond donors (Lipinski definition) is 1. The maximum atomic E-state index is 13.0. The zero-order chi connectivity index (χ0) is 16.4. The van der Waals surface area contributed by atoms with Gasteiger partial charge in [0.15, 0.2) is 0 Å². The summed E-state index contributed by atoms with van der Waals surface area (Å²) in [6.07, 6.45) is 1.73. The van der Waals surface area contributed by atoms with Crippen molar-refractivity contribution in [3.8, 4) is 5.69 Å². The van der Waals surface area contributed by atoms with Crippen molar-refractivity contribution in [1.82, 2.24) is 15.1 Å². The lowest BCUT2D eigenvalue weighted by atomic mass is 10.1. The van der Waals surface area contributed by atoms with Gasteiger partial charge in [-0.2, -0.15) is 16.4 Å². The first-order valence-corrected chi connectivity index (χ1v) is 8.14. The summed E-state index contributed by atoms with van der Waals surface area (Å²) in [5, 5.41) is 11.0. The minimum Gasteiger partial charge on any atom is -0.345 e. The van der Waals surface area contributed by atoms with Crippen LogP contribution in [0.1, 0.15) is 34.6 Å². The quantitative estimate of drug-likeness (QED) is 0.790. The van der Waals surface area contributed by atoms with Crippen molar-refractivity contribution in [2.24, 2.45) is 0 Å². The Morgan fingerprint density at radius 2 is 2.04 bits per heavy atom. The highest BCUT2D eigenvalue weighted by molar-refractivity contribution is 7.08. The Morgan fingerprint density at radius 3 is 2.70 bits per heavy atom. The van der Waals surface area contributed by atoms with Crippen LogP contribution in [0.5, 0.6) is 0 Å². The summed E-state index contributed by atoms with van der Waals surface area (Å²) in [5.74, 6) is -0.386. The molecular weight excluding hydrogens is 313 g/mol. The molecule has 0 radical (unpaired) electrons. The van der Waals surface area contributed by atoms with Gasteiger partial charge in [-0.05, 0) is 49.6 Å². The number of rotatable bonds is 4. The lowest BCUT2D eigenvalue weighted by Gasteiger charge is -2.13. The van der Waals surface area contributed by atoms with E-state index in [0.717, 1.165) is 16.9 Å². The predicted octanol–water partition coefficient (Wildman–Crippen LogP) is 3.87. The van der Waals surface area contributed by atoms with Gasteiger partial charge in [-0.15, -0.1) is 0 Å².